The summed E-state index contributed by atoms with van der Waals surface area (Å²) in [6.07, 6.45) is 6.97. The zero-order valence-corrected chi connectivity index (χ0v) is 8.97. The SMILES string of the molecule is CC.CC1COCC2=C1CCC=C2. The highest BCUT2D eigenvalue weighted by Gasteiger charge is 2.19. The fourth-order valence-electron chi connectivity index (χ4n) is 1.88. The summed E-state index contributed by atoms with van der Waals surface area (Å²) in [6.45, 7) is 8.02. The first kappa shape index (κ1) is 10.5. The Hall–Kier alpha value is -0.560. The first-order chi connectivity index (χ1) is 6.38. The Kier molecular flexibility index (Phi) is 4.23. The average molecular weight is 180 g/mol. The van der Waals surface area contributed by atoms with Crippen LogP contribution in [0, 0.1) is 5.92 Å². The Bertz CT molecular complexity index is 213. The van der Waals surface area contributed by atoms with E-state index in [0.717, 1.165) is 13.2 Å². The van der Waals surface area contributed by atoms with Crippen molar-refractivity contribution in [3.8, 4) is 0 Å². The Morgan fingerprint density at radius 2 is 2.15 bits per heavy atom. The molecule has 1 heteroatoms. The molecule has 0 amide bonds. The summed E-state index contributed by atoms with van der Waals surface area (Å²) in [5.74, 6) is 0.656. The maximum atomic E-state index is 5.44. The second kappa shape index (κ2) is 5.23. The summed E-state index contributed by atoms with van der Waals surface area (Å²) < 4.78 is 5.44. The Morgan fingerprint density at radius 3 is 2.85 bits per heavy atom. The van der Waals surface area contributed by atoms with Crippen molar-refractivity contribution in [1.29, 1.82) is 0 Å². The summed E-state index contributed by atoms with van der Waals surface area (Å²) >= 11 is 0. The molecule has 1 nitrogen and oxygen atoms in total. The van der Waals surface area contributed by atoms with Crippen molar-refractivity contribution in [1.82, 2.24) is 0 Å². The smallest absolute Gasteiger partial charge is 0.0716 e. The Labute approximate surface area is 81.5 Å². The lowest BCUT2D eigenvalue weighted by Gasteiger charge is -2.26. The molecule has 0 N–H and O–H groups in total. The van der Waals surface area contributed by atoms with Crippen LogP contribution in [-0.2, 0) is 4.74 Å². The van der Waals surface area contributed by atoms with E-state index < -0.39 is 0 Å². The van der Waals surface area contributed by atoms with E-state index in [-0.39, 0.29) is 0 Å². The van der Waals surface area contributed by atoms with Gasteiger partial charge >= 0.3 is 0 Å². The van der Waals surface area contributed by atoms with Gasteiger partial charge in [0.05, 0.1) is 13.2 Å². The summed E-state index contributed by atoms with van der Waals surface area (Å²) in [4.78, 5) is 0. The van der Waals surface area contributed by atoms with E-state index in [1.165, 1.54) is 18.4 Å². The lowest BCUT2D eigenvalue weighted by atomic mass is 9.87. The molecular formula is C12H20O. The maximum Gasteiger partial charge on any atom is 0.0716 e. The van der Waals surface area contributed by atoms with E-state index in [4.69, 9.17) is 4.74 Å². The lowest BCUT2D eigenvalue weighted by molar-refractivity contribution is 0.118. The van der Waals surface area contributed by atoms with E-state index in [1.807, 2.05) is 13.8 Å². The fourth-order valence-corrected chi connectivity index (χ4v) is 1.88. The van der Waals surface area contributed by atoms with Crippen LogP contribution in [0.3, 0.4) is 0 Å². The van der Waals surface area contributed by atoms with Crippen molar-refractivity contribution < 1.29 is 4.74 Å². The van der Waals surface area contributed by atoms with Crippen LogP contribution in [0.4, 0.5) is 0 Å². The van der Waals surface area contributed by atoms with Crippen molar-refractivity contribution in [3.63, 3.8) is 0 Å². The summed E-state index contributed by atoms with van der Waals surface area (Å²) in [6, 6.07) is 0. The highest BCUT2D eigenvalue weighted by molar-refractivity contribution is 5.32. The first-order valence-electron chi connectivity index (χ1n) is 5.34. The Morgan fingerprint density at radius 1 is 1.38 bits per heavy atom. The zero-order chi connectivity index (χ0) is 9.68. The van der Waals surface area contributed by atoms with Crippen LogP contribution >= 0.6 is 0 Å². The van der Waals surface area contributed by atoms with E-state index in [2.05, 4.69) is 19.1 Å². The van der Waals surface area contributed by atoms with Crippen LogP contribution in [-0.4, -0.2) is 13.2 Å². The van der Waals surface area contributed by atoms with Gasteiger partial charge in [0.25, 0.3) is 0 Å². The van der Waals surface area contributed by atoms with E-state index in [9.17, 15) is 0 Å². The zero-order valence-electron chi connectivity index (χ0n) is 8.97. The number of rotatable bonds is 0. The van der Waals surface area contributed by atoms with Gasteiger partial charge < -0.3 is 4.74 Å². The molecule has 0 aromatic heterocycles. The first-order valence-corrected chi connectivity index (χ1v) is 5.34. The third-order valence-corrected chi connectivity index (χ3v) is 2.53. The predicted octanol–water partition coefficient (Wildman–Crippen LogP) is 3.33. The molecule has 0 radical (unpaired) electrons. The molecule has 2 rings (SSSR count). The molecule has 1 aliphatic heterocycles. The summed E-state index contributed by atoms with van der Waals surface area (Å²) in [5.41, 5.74) is 3.08. The van der Waals surface area contributed by atoms with Crippen LogP contribution in [0.2, 0.25) is 0 Å². The largest absolute Gasteiger partial charge is 0.376 e. The van der Waals surface area contributed by atoms with Crippen molar-refractivity contribution in [2.45, 2.75) is 33.6 Å². The molecule has 0 aromatic rings. The van der Waals surface area contributed by atoms with Crippen LogP contribution in [0.5, 0.6) is 0 Å². The lowest BCUT2D eigenvalue weighted by Crippen LogP contribution is -2.20. The molecule has 0 spiro atoms. The summed E-state index contributed by atoms with van der Waals surface area (Å²) in [5, 5.41) is 0. The molecule has 1 unspecified atom stereocenters. The standard InChI is InChI=1S/C10H14O.C2H6/c1-8-6-11-7-9-4-2-3-5-10(8)9;1-2/h2,4,8H,3,5-7H2,1H3;1-2H3. The van der Waals surface area contributed by atoms with E-state index in [0.29, 0.717) is 5.92 Å². The molecule has 1 atom stereocenters. The molecule has 13 heavy (non-hydrogen) atoms. The molecule has 0 bridgehead atoms. The Balaban J connectivity index is 0.000000396. The highest BCUT2D eigenvalue weighted by Crippen LogP contribution is 2.29. The predicted molar refractivity (Wildman–Crippen MR) is 56.7 cm³/mol. The monoisotopic (exact) mass is 180 g/mol. The van der Waals surface area contributed by atoms with Crippen molar-refractivity contribution in [3.05, 3.63) is 23.3 Å². The topological polar surface area (TPSA) is 9.23 Å². The molecule has 1 aliphatic carbocycles. The average Bonchev–Trinajstić information content (AvgIpc) is 2.22. The van der Waals surface area contributed by atoms with Gasteiger partial charge in [0.15, 0.2) is 0 Å². The van der Waals surface area contributed by atoms with Crippen molar-refractivity contribution >= 4 is 0 Å². The van der Waals surface area contributed by atoms with Crippen molar-refractivity contribution in [2.75, 3.05) is 13.2 Å². The molecule has 2 aliphatic rings. The van der Waals surface area contributed by atoms with Crippen LogP contribution < -0.4 is 0 Å². The van der Waals surface area contributed by atoms with E-state index in [1.54, 1.807) is 5.57 Å². The molecule has 74 valence electrons. The molecule has 0 fully saturated rings. The highest BCUT2D eigenvalue weighted by atomic mass is 16.5. The van der Waals surface area contributed by atoms with Gasteiger partial charge in [-0.2, -0.15) is 0 Å². The van der Waals surface area contributed by atoms with Gasteiger partial charge in [-0.15, -0.1) is 0 Å². The molecule has 0 aromatic carbocycles. The minimum absolute atomic E-state index is 0.656. The minimum atomic E-state index is 0.656. The normalized spacial score (nSPS) is 26.2. The third kappa shape index (κ3) is 2.44. The number of allylic oxidation sites excluding steroid dienone is 1. The van der Waals surface area contributed by atoms with Gasteiger partial charge in [0.2, 0.25) is 0 Å². The third-order valence-electron chi connectivity index (χ3n) is 2.53. The van der Waals surface area contributed by atoms with Crippen molar-refractivity contribution in [2.24, 2.45) is 5.92 Å². The number of hydrogen-bond donors (Lipinski definition) is 0. The second-order valence-electron chi connectivity index (χ2n) is 3.41. The van der Waals surface area contributed by atoms with Crippen LogP contribution in [0.1, 0.15) is 33.6 Å². The maximum absolute atomic E-state index is 5.44. The fraction of sp³-hybridized carbons (Fsp3) is 0.667. The summed E-state index contributed by atoms with van der Waals surface area (Å²) in [7, 11) is 0. The quantitative estimate of drug-likeness (QED) is 0.555. The van der Waals surface area contributed by atoms with Gasteiger partial charge in [-0.3, -0.25) is 0 Å². The number of ether oxygens (including phenoxy) is 1. The molecular weight excluding hydrogens is 160 g/mol. The second-order valence-corrected chi connectivity index (χ2v) is 3.41. The van der Waals surface area contributed by atoms with Crippen LogP contribution in [0.25, 0.3) is 0 Å². The molecule has 1 heterocycles. The van der Waals surface area contributed by atoms with Gasteiger partial charge in [-0.25, -0.2) is 0 Å². The van der Waals surface area contributed by atoms with Gasteiger partial charge in [0, 0.05) is 5.92 Å². The van der Waals surface area contributed by atoms with Gasteiger partial charge in [-0.05, 0) is 18.4 Å². The minimum Gasteiger partial charge on any atom is -0.376 e. The van der Waals surface area contributed by atoms with Crippen LogP contribution in [0.15, 0.2) is 23.3 Å². The number of hydrogen-bond acceptors (Lipinski definition) is 1. The molecule has 0 saturated carbocycles. The van der Waals surface area contributed by atoms with Gasteiger partial charge in [0.1, 0.15) is 0 Å². The van der Waals surface area contributed by atoms with E-state index >= 15 is 0 Å². The van der Waals surface area contributed by atoms with Gasteiger partial charge in [-0.1, -0.05) is 38.5 Å². The molecule has 0 saturated heterocycles.